The molecule has 4 heteroatoms. The Hall–Kier alpha value is -1.32. The molecule has 0 atom stereocenters. The summed E-state index contributed by atoms with van der Waals surface area (Å²) in [5.74, 6) is 0.0560. The zero-order valence-corrected chi connectivity index (χ0v) is 13.5. The molecule has 108 valence electrons. The van der Waals surface area contributed by atoms with E-state index in [2.05, 4.69) is 25.9 Å². The number of aromatic nitrogens is 2. The van der Waals surface area contributed by atoms with Gasteiger partial charge in [-0.05, 0) is 61.5 Å². The van der Waals surface area contributed by atoms with Gasteiger partial charge in [-0.3, -0.25) is 9.48 Å². The summed E-state index contributed by atoms with van der Waals surface area (Å²) < 4.78 is 1.84. The zero-order valence-electron chi connectivity index (χ0n) is 13.5. The van der Waals surface area contributed by atoms with E-state index in [9.17, 15) is 4.79 Å². The SMILES string of the molecule is Cc1cc(C(=O)N(C(C)C)C(C)C)n(C(C)(C)C)n1. The van der Waals surface area contributed by atoms with Gasteiger partial charge < -0.3 is 4.90 Å². The Labute approximate surface area is 116 Å². The molecule has 0 aliphatic rings. The number of hydrogen-bond donors (Lipinski definition) is 0. The fourth-order valence-corrected chi connectivity index (χ4v) is 2.36. The lowest BCUT2D eigenvalue weighted by molar-refractivity contribution is 0.0622. The largest absolute Gasteiger partial charge is 0.332 e. The van der Waals surface area contributed by atoms with Crippen LogP contribution in [-0.4, -0.2) is 32.7 Å². The molecule has 0 saturated heterocycles. The quantitative estimate of drug-likeness (QED) is 0.841. The van der Waals surface area contributed by atoms with Crippen LogP contribution in [0.4, 0.5) is 0 Å². The second kappa shape index (κ2) is 5.35. The molecule has 0 unspecified atom stereocenters. The Morgan fingerprint density at radius 3 is 2.05 bits per heavy atom. The van der Waals surface area contributed by atoms with Crippen LogP contribution in [0.3, 0.4) is 0 Å². The number of nitrogens with zero attached hydrogens (tertiary/aromatic N) is 3. The second-order valence-electron chi connectivity index (χ2n) is 6.65. The van der Waals surface area contributed by atoms with Crippen LogP contribution in [0, 0.1) is 6.92 Å². The van der Waals surface area contributed by atoms with Crippen molar-refractivity contribution in [2.45, 2.75) is 73.0 Å². The predicted octanol–water partition coefficient (Wildman–Crippen LogP) is 3.21. The van der Waals surface area contributed by atoms with Crippen molar-refractivity contribution >= 4 is 5.91 Å². The van der Waals surface area contributed by atoms with Crippen LogP contribution >= 0.6 is 0 Å². The summed E-state index contributed by atoms with van der Waals surface area (Å²) in [7, 11) is 0. The highest BCUT2D eigenvalue weighted by Gasteiger charge is 2.28. The number of aryl methyl sites for hydroxylation is 1. The summed E-state index contributed by atoms with van der Waals surface area (Å²) in [4.78, 5) is 14.7. The Morgan fingerprint density at radius 1 is 1.21 bits per heavy atom. The first kappa shape index (κ1) is 15.7. The van der Waals surface area contributed by atoms with Crippen LogP contribution in [0.2, 0.25) is 0 Å². The highest BCUT2D eigenvalue weighted by Crippen LogP contribution is 2.20. The molecule has 1 aromatic rings. The van der Waals surface area contributed by atoms with E-state index in [1.54, 1.807) is 0 Å². The van der Waals surface area contributed by atoms with Gasteiger partial charge in [-0.2, -0.15) is 5.10 Å². The van der Waals surface area contributed by atoms with Crippen molar-refractivity contribution in [3.63, 3.8) is 0 Å². The molecular formula is C15H27N3O. The molecule has 0 aliphatic carbocycles. The molecule has 19 heavy (non-hydrogen) atoms. The molecule has 1 heterocycles. The normalized spacial score (nSPS) is 12.3. The first-order chi connectivity index (χ1) is 8.55. The lowest BCUT2D eigenvalue weighted by atomic mass is 10.1. The van der Waals surface area contributed by atoms with Crippen LogP contribution < -0.4 is 0 Å². The summed E-state index contributed by atoms with van der Waals surface area (Å²) in [6.45, 7) is 16.3. The number of amides is 1. The van der Waals surface area contributed by atoms with Crippen LogP contribution in [0.5, 0.6) is 0 Å². The first-order valence-electron chi connectivity index (χ1n) is 6.95. The van der Waals surface area contributed by atoms with Crippen LogP contribution in [-0.2, 0) is 5.54 Å². The maximum atomic E-state index is 12.8. The van der Waals surface area contributed by atoms with Crippen LogP contribution in [0.25, 0.3) is 0 Å². The molecule has 4 nitrogen and oxygen atoms in total. The average molecular weight is 265 g/mol. The molecule has 0 radical (unpaired) electrons. The highest BCUT2D eigenvalue weighted by molar-refractivity contribution is 5.93. The van der Waals surface area contributed by atoms with Gasteiger partial charge in [0, 0.05) is 12.1 Å². The fraction of sp³-hybridized carbons (Fsp3) is 0.733. The molecule has 0 aromatic carbocycles. The monoisotopic (exact) mass is 265 g/mol. The molecule has 1 amide bonds. The molecule has 0 aliphatic heterocycles. The van der Waals surface area contributed by atoms with Crippen molar-refractivity contribution in [1.82, 2.24) is 14.7 Å². The number of rotatable bonds is 3. The van der Waals surface area contributed by atoms with Crippen molar-refractivity contribution in [2.75, 3.05) is 0 Å². The van der Waals surface area contributed by atoms with E-state index in [1.165, 1.54) is 0 Å². The van der Waals surface area contributed by atoms with E-state index in [4.69, 9.17) is 0 Å². The third-order valence-electron chi connectivity index (χ3n) is 3.03. The predicted molar refractivity (Wildman–Crippen MR) is 78.4 cm³/mol. The van der Waals surface area contributed by atoms with Gasteiger partial charge in [-0.15, -0.1) is 0 Å². The minimum atomic E-state index is -0.196. The molecule has 0 spiro atoms. The van der Waals surface area contributed by atoms with E-state index in [0.717, 1.165) is 5.69 Å². The summed E-state index contributed by atoms with van der Waals surface area (Å²) >= 11 is 0. The van der Waals surface area contributed by atoms with Crippen LogP contribution in [0.15, 0.2) is 6.07 Å². The standard InChI is InChI=1S/C15H27N3O/c1-10(2)17(11(3)4)14(19)13-9-12(5)16-18(13)15(6,7)8/h9-11H,1-8H3. The van der Waals surface area contributed by atoms with E-state index >= 15 is 0 Å². The van der Waals surface area contributed by atoms with Crippen molar-refractivity contribution in [3.05, 3.63) is 17.5 Å². The molecular weight excluding hydrogens is 238 g/mol. The van der Waals surface area contributed by atoms with E-state index < -0.39 is 0 Å². The number of carbonyl (C=O) groups excluding carboxylic acids is 1. The lowest BCUT2D eigenvalue weighted by Crippen LogP contribution is -2.44. The van der Waals surface area contributed by atoms with Gasteiger partial charge >= 0.3 is 0 Å². The van der Waals surface area contributed by atoms with Crippen molar-refractivity contribution in [2.24, 2.45) is 0 Å². The third kappa shape index (κ3) is 3.37. The molecule has 0 bridgehead atoms. The van der Waals surface area contributed by atoms with Gasteiger partial charge in [0.2, 0.25) is 0 Å². The lowest BCUT2D eigenvalue weighted by Gasteiger charge is -2.32. The van der Waals surface area contributed by atoms with Gasteiger partial charge in [0.1, 0.15) is 5.69 Å². The van der Waals surface area contributed by atoms with Gasteiger partial charge in [0.05, 0.1) is 11.2 Å². The average Bonchev–Trinajstić information content (AvgIpc) is 2.58. The minimum Gasteiger partial charge on any atom is -0.332 e. The zero-order chi connectivity index (χ0) is 15.0. The maximum Gasteiger partial charge on any atom is 0.272 e. The number of carbonyl (C=O) groups is 1. The number of hydrogen-bond acceptors (Lipinski definition) is 2. The van der Waals surface area contributed by atoms with E-state index in [-0.39, 0.29) is 23.5 Å². The van der Waals surface area contributed by atoms with Gasteiger partial charge in [-0.25, -0.2) is 0 Å². The Morgan fingerprint density at radius 2 is 1.68 bits per heavy atom. The van der Waals surface area contributed by atoms with E-state index in [1.807, 2.05) is 50.3 Å². The fourth-order valence-electron chi connectivity index (χ4n) is 2.36. The Balaban J connectivity index is 3.26. The summed E-state index contributed by atoms with van der Waals surface area (Å²) in [6.07, 6.45) is 0. The summed E-state index contributed by atoms with van der Waals surface area (Å²) in [5, 5.41) is 4.47. The van der Waals surface area contributed by atoms with Gasteiger partial charge in [0.15, 0.2) is 0 Å². The topological polar surface area (TPSA) is 38.1 Å². The molecule has 1 aromatic heterocycles. The third-order valence-corrected chi connectivity index (χ3v) is 3.03. The van der Waals surface area contributed by atoms with Crippen molar-refractivity contribution < 1.29 is 4.79 Å². The Bertz CT molecular complexity index is 444. The second-order valence-corrected chi connectivity index (χ2v) is 6.65. The summed E-state index contributed by atoms with van der Waals surface area (Å²) in [6, 6.07) is 2.23. The molecule has 0 saturated carbocycles. The highest BCUT2D eigenvalue weighted by atomic mass is 16.2. The van der Waals surface area contributed by atoms with E-state index in [0.29, 0.717) is 5.69 Å². The molecule has 0 fully saturated rings. The van der Waals surface area contributed by atoms with Gasteiger partial charge in [-0.1, -0.05) is 0 Å². The van der Waals surface area contributed by atoms with Gasteiger partial charge in [0.25, 0.3) is 5.91 Å². The molecule has 1 rings (SSSR count). The van der Waals surface area contributed by atoms with Crippen LogP contribution in [0.1, 0.15) is 64.6 Å². The molecule has 0 N–H and O–H groups in total. The Kier molecular flexibility index (Phi) is 4.43. The van der Waals surface area contributed by atoms with Crippen molar-refractivity contribution in [1.29, 1.82) is 0 Å². The summed E-state index contributed by atoms with van der Waals surface area (Å²) in [5.41, 5.74) is 1.36. The smallest absolute Gasteiger partial charge is 0.272 e. The first-order valence-corrected chi connectivity index (χ1v) is 6.95. The van der Waals surface area contributed by atoms with Crippen molar-refractivity contribution in [3.8, 4) is 0 Å². The maximum absolute atomic E-state index is 12.8. The minimum absolute atomic E-state index is 0.0560.